The maximum atomic E-state index is 12.9. The van der Waals surface area contributed by atoms with Crippen molar-refractivity contribution < 1.29 is 22.5 Å². The first-order valence-electron chi connectivity index (χ1n) is 9.62. The van der Waals surface area contributed by atoms with E-state index in [1.807, 2.05) is 12.1 Å². The number of piperidine rings is 1. The largest absolute Gasteiger partial charge is 0.497 e. The number of nitrogens with zero attached hydrogens (tertiary/aromatic N) is 5. The molecule has 0 radical (unpaired) electrons. The van der Waals surface area contributed by atoms with Crippen molar-refractivity contribution in [3.05, 3.63) is 30.2 Å². The van der Waals surface area contributed by atoms with Gasteiger partial charge in [-0.05, 0) is 37.1 Å². The van der Waals surface area contributed by atoms with Crippen LogP contribution in [-0.4, -0.2) is 79.3 Å². The van der Waals surface area contributed by atoms with E-state index in [1.165, 1.54) is 27.6 Å². The summed E-state index contributed by atoms with van der Waals surface area (Å²) in [5.74, 6) is 0.922. The van der Waals surface area contributed by atoms with Crippen LogP contribution < -0.4 is 4.74 Å². The van der Waals surface area contributed by atoms with Crippen LogP contribution in [0.3, 0.4) is 0 Å². The van der Waals surface area contributed by atoms with E-state index >= 15 is 0 Å². The fourth-order valence-corrected chi connectivity index (χ4v) is 4.54. The second-order valence-electron chi connectivity index (χ2n) is 7.42. The van der Waals surface area contributed by atoms with Crippen molar-refractivity contribution in [1.82, 2.24) is 23.7 Å². The monoisotopic (exact) mass is 437 g/mol. The third-order valence-electron chi connectivity index (χ3n) is 5.09. The highest BCUT2D eigenvalue weighted by Crippen LogP contribution is 2.23. The number of amides is 1. The molecule has 1 aliphatic heterocycles. The Morgan fingerprint density at radius 1 is 1.27 bits per heavy atom. The van der Waals surface area contributed by atoms with Gasteiger partial charge in [0.15, 0.2) is 0 Å². The molecule has 0 N–H and O–H groups in total. The minimum Gasteiger partial charge on any atom is -0.497 e. The van der Waals surface area contributed by atoms with Gasteiger partial charge in [0.25, 0.3) is 10.2 Å². The third kappa shape index (κ3) is 4.79. The lowest BCUT2D eigenvalue weighted by atomic mass is 9.98. The Bertz CT molecular complexity index is 973. The molecule has 0 unspecified atom stereocenters. The molecule has 0 bridgehead atoms. The van der Waals surface area contributed by atoms with Gasteiger partial charge in [0, 0.05) is 39.8 Å². The van der Waals surface area contributed by atoms with E-state index in [9.17, 15) is 13.2 Å². The first-order chi connectivity index (χ1) is 14.2. The van der Waals surface area contributed by atoms with Crippen molar-refractivity contribution in [2.24, 2.45) is 5.92 Å². The van der Waals surface area contributed by atoms with E-state index in [0.29, 0.717) is 31.1 Å². The highest BCUT2D eigenvalue weighted by molar-refractivity contribution is 7.86. The highest BCUT2D eigenvalue weighted by atomic mass is 32.2. The molecule has 1 aromatic heterocycles. The van der Waals surface area contributed by atoms with E-state index in [4.69, 9.17) is 9.26 Å². The van der Waals surface area contributed by atoms with Gasteiger partial charge in [0.05, 0.1) is 19.6 Å². The summed E-state index contributed by atoms with van der Waals surface area (Å²) in [5, 5.41) is 3.97. The van der Waals surface area contributed by atoms with Crippen LogP contribution in [0.25, 0.3) is 11.4 Å². The molecule has 10 nitrogen and oxygen atoms in total. The van der Waals surface area contributed by atoms with Gasteiger partial charge >= 0.3 is 0 Å². The SMILES string of the molecule is COc1ccc(-c2noc(CN(C)C(=O)[C@@H]3CCCN(S(=O)(=O)N(C)C)C3)n2)cc1. The van der Waals surface area contributed by atoms with Crippen molar-refractivity contribution in [1.29, 1.82) is 0 Å². The molecule has 0 spiro atoms. The molecular formula is C19H27N5O5S. The summed E-state index contributed by atoms with van der Waals surface area (Å²) in [4.78, 5) is 18.7. The number of ether oxygens (including phenoxy) is 1. The molecular weight excluding hydrogens is 410 g/mol. The maximum absolute atomic E-state index is 12.9. The highest BCUT2D eigenvalue weighted by Gasteiger charge is 2.34. The second kappa shape index (κ2) is 9.11. The average Bonchev–Trinajstić information content (AvgIpc) is 3.21. The lowest BCUT2D eigenvalue weighted by molar-refractivity contribution is -0.136. The van der Waals surface area contributed by atoms with Crippen molar-refractivity contribution in [3.8, 4) is 17.1 Å². The second-order valence-corrected chi connectivity index (χ2v) is 9.56. The van der Waals surface area contributed by atoms with Gasteiger partial charge in [-0.1, -0.05) is 5.16 Å². The van der Waals surface area contributed by atoms with Crippen LogP contribution in [0.2, 0.25) is 0 Å². The van der Waals surface area contributed by atoms with Gasteiger partial charge in [0.2, 0.25) is 17.6 Å². The summed E-state index contributed by atoms with van der Waals surface area (Å²) in [7, 11) is 2.69. The number of carbonyl (C=O) groups excluding carboxylic acids is 1. The van der Waals surface area contributed by atoms with Crippen molar-refractivity contribution >= 4 is 16.1 Å². The Kier molecular flexibility index (Phi) is 6.74. The zero-order valence-corrected chi connectivity index (χ0v) is 18.4. The average molecular weight is 438 g/mol. The smallest absolute Gasteiger partial charge is 0.281 e. The molecule has 30 heavy (non-hydrogen) atoms. The number of carbonyl (C=O) groups is 1. The summed E-state index contributed by atoms with van der Waals surface area (Å²) in [6, 6.07) is 7.25. The molecule has 1 aromatic carbocycles. The van der Waals surface area contributed by atoms with Gasteiger partial charge in [0.1, 0.15) is 5.75 Å². The van der Waals surface area contributed by atoms with Gasteiger partial charge in [-0.3, -0.25) is 4.79 Å². The van der Waals surface area contributed by atoms with E-state index in [1.54, 1.807) is 26.3 Å². The molecule has 1 saturated heterocycles. The Hall–Kier alpha value is -2.50. The summed E-state index contributed by atoms with van der Waals surface area (Å²) in [6.45, 7) is 0.742. The van der Waals surface area contributed by atoms with E-state index < -0.39 is 16.1 Å². The van der Waals surface area contributed by atoms with Crippen LogP contribution in [0.1, 0.15) is 18.7 Å². The van der Waals surface area contributed by atoms with Crippen LogP contribution >= 0.6 is 0 Å². The standard InChI is InChI=1S/C19H27N5O5S/c1-22(2)30(26,27)24-11-5-6-15(12-24)19(25)23(3)13-17-20-18(21-29-17)14-7-9-16(28-4)10-8-14/h7-10,15H,5-6,11-13H2,1-4H3/t15-/m1/s1. The number of benzene rings is 1. The molecule has 3 rings (SSSR count). The van der Waals surface area contributed by atoms with Crippen LogP contribution in [-0.2, 0) is 21.5 Å². The molecule has 0 saturated carbocycles. The molecule has 0 aliphatic carbocycles. The van der Waals surface area contributed by atoms with Gasteiger partial charge < -0.3 is 14.2 Å². The number of rotatable bonds is 7. The topological polar surface area (TPSA) is 109 Å². The molecule has 2 aromatic rings. The minimum absolute atomic E-state index is 0.141. The maximum Gasteiger partial charge on any atom is 0.281 e. The predicted octanol–water partition coefficient (Wildman–Crippen LogP) is 1.22. The molecule has 1 amide bonds. The van der Waals surface area contributed by atoms with Crippen molar-refractivity contribution in [2.45, 2.75) is 19.4 Å². The molecule has 1 atom stereocenters. The molecule has 1 aliphatic rings. The minimum atomic E-state index is -3.54. The first-order valence-corrected chi connectivity index (χ1v) is 11.0. The normalized spacial score (nSPS) is 17.8. The third-order valence-corrected chi connectivity index (χ3v) is 6.99. The first kappa shape index (κ1) is 22.2. The molecule has 11 heteroatoms. The van der Waals surface area contributed by atoms with Crippen LogP contribution in [0.4, 0.5) is 0 Å². The predicted molar refractivity (Wildman–Crippen MR) is 110 cm³/mol. The van der Waals surface area contributed by atoms with E-state index in [2.05, 4.69) is 10.1 Å². The molecule has 1 fully saturated rings. The summed E-state index contributed by atoms with van der Waals surface area (Å²) < 4.78 is 37.7. The Balaban J connectivity index is 1.63. The van der Waals surface area contributed by atoms with Gasteiger partial charge in [-0.15, -0.1) is 0 Å². The van der Waals surface area contributed by atoms with Crippen molar-refractivity contribution in [2.75, 3.05) is 41.3 Å². The lowest BCUT2D eigenvalue weighted by Gasteiger charge is -2.34. The number of hydrogen-bond acceptors (Lipinski definition) is 7. The van der Waals surface area contributed by atoms with Crippen molar-refractivity contribution in [3.63, 3.8) is 0 Å². The van der Waals surface area contributed by atoms with Gasteiger partial charge in [-0.25, -0.2) is 0 Å². The lowest BCUT2D eigenvalue weighted by Crippen LogP contribution is -2.49. The zero-order valence-electron chi connectivity index (χ0n) is 17.6. The Morgan fingerprint density at radius 2 is 1.97 bits per heavy atom. The van der Waals surface area contributed by atoms with Gasteiger partial charge in [-0.2, -0.15) is 22.0 Å². The quantitative estimate of drug-likeness (QED) is 0.641. The van der Waals surface area contributed by atoms with Crippen LogP contribution in [0, 0.1) is 5.92 Å². The molecule has 164 valence electrons. The Morgan fingerprint density at radius 3 is 2.60 bits per heavy atom. The number of hydrogen-bond donors (Lipinski definition) is 0. The summed E-state index contributed by atoms with van der Waals surface area (Å²) >= 11 is 0. The Labute approximate surface area is 176 Å². The van der Waals surface area contributed by atoms with Crippen LogP contribution in [0.15, 0.2) is 28.8 Å². The van der Waals surface area contributed by atoms with Crippen LogP contribution in [0.5, 0.6) is 5.75 Å². The van der Waals surface area contributed by atoms with E-state index in [-0.39, 0.29) is 19.0 Å². The summed E-state index contributed by atoms with van der Waals surface area (Å²) in [5.41, 5.74) is 0.775. The number of methoxy groups -OCH3 is 1. The summed E-state index contributed by atoms with van der Waals surface area (Å²) in [6.07, 6.45) is 1.28. The molecule has 2 heterocycles. The fourth-order valence-electron chi connectivity index (χ4n) is 3.35. The zero-order chi connectivity index (χ0) is 21.9. The number of aromatic nitrogens is 2. The fraction of sp³-hybridized carbons (Fsp3) is 0.526. The van der Waals surface area contributed by atoms with E-state index in [0.717, 1.165) is 11.3 Å².